The summed E-state index contributed by atoms with van der Waals surface area (Å²) in [6.07, 6.45) is 13.7. The SMILES string of the molecule is C=C/C=C(\C)[S+](C(C)C)C1(C)C=CC=CC(OCC(O)C(=C)C)=C1. The van der Waals surface area contributed by atoms with E-state index in [1.807, 2.05) is 18.2 Å². The van der Waals surface area contributed by atoms with Gasteiger partial charge in [-0.15, -0.1) is 0 Å². The summed E-state index contributed by atoms with van der Waals surface area (Å²) < 4.78 is 5.69. The third-order valence-electron chi connectivity index (χ3n) is 3.85. The molecule has 0 aromatic carbocycles. The van der Waals surface area contributed by atoms with Crippen LogP contribution in [0.25, 0.3) is 0 Å². The van der Waals surface area contributed by atoms with Gasteiger partial charge in [0.25, 0.3) is 0 Å². The van der Waals surface area contributed by atoms with Gasteiger partial charge in [-0.2, -0.15) is 0 Å². The molecule has 0 saturated heterocycles. The first-order chi connectivity index (χ1) is 11.2. The number of ether oxygens (including phenoxy) is 1. The number of rotatable bonds is 8. The number of allylic oxidation sites excluding steroid dienone is 6. The average Bonchev–Trinajstić information content (AvgIpc) is 2.66. The Hall–Kier alpha value is -1.45. The summed E-state index contributed by atoms with van der Waals surface area (Å²) in [4.78, 5) is 1.33. The maximum Gasteiger partial charge on any atom is 0.171 e. The summed E-state index contributed by atoms with van der Waals surface area (Å²) >= 11 is 0. The minimum Gasteiger partial charge on any atom is -0.491 e. The lowest BCUT2D eigenvalue weighted by molar-refractivity contribution is 0.0988. The molecule has 3 atom stereocenters. The minimum absolute atomic E-state index is 0.00112. The van der Waals surface area contributed by atoms with Crippen molar-refractivity contribution in [3.63, 3.8) is 0 Å². The van der Waals surface area contributed by atoms with E-state index < -0.39 is 6.10 Å². The van der Waals surface area contributed by atoms with Crippen LogP contribution in [0.3, 0.4) is 0 Å². The van der Waals surface area contributed by atoms with Gasteiger partial charge in [0.1, 0.15) is 28.6 Å². The Kier molecular flexibility index (Phi) is 7.85. The molecule has 0 aromatic heterocycles. The Bertz CT molecular complexity index is 581. The summed E-state index contributed by atoms with van der Waals surface area (Å²) in [6, 6.07) is 0. The summed E-state index contributed by atoms with van der Waals surface area (Å²) in [5.74, 6) is 0.785. The van der Waals surface area contributed by atoms with Crippen molar-refractivity contribution in [2.24, 2.45) is 0 Å². The molecule has 132 valence electrons. The van der Waals surface area contributed by atoms with Crippen molar-refractivity contribution < 1.29 is 9.84 Å². The molecule has 1 N–H and O–H groups in total. The molecule has 0 aromatic rings. The molecule has 0 aliphatic heterocycles. The normalized spacial score (nSPS) is 23.5. The number of hydrogen-bond acceptors (Lipinski definition) is 2. The number of aliphatic hydroxyl groups is 1. The lowest BCUT2D eigenvalue weighted by Crippen LogP contribution is -2.38. The smallest absolute Gasteiger partial charge is 0.171 e. The van der Waals surface area contributed by atoms with Crippen molar-refractivity contribution >= 4 is 10.9 Å². The summed E-state index contributed by atoms with van der Waals surface area (Å²) in [7, 11) is -0.00112. The Morgan fingerprint density at radius 2 is 2.04 bits per heavy atom. The van der Waals surface area contributed by atoms with Crippen molar-refractivity contribution in [1.82, 2.24) is 0 Å². The van der Waals surface area contributed by atoms with Crippen molar-refractivity contribution in [1.29, 1.82) is 0 Å². The molecule has 24 heavy (non-hydrogen) atoms. The van der Waals surface area contributed by atoms with Gasteiger partial charge in [-0.1, -0.05) is 31.4 Å². The highest BCUT2D eigenvalue weighted by Gasteiger charge is 2.44. The first kappa shape index (κ1) is 20.6. The van der Waals surface area contributed by atoms with E-state index in [1.165, 1.54) is 4.91 Å². The van der Waals surface area contributed by atoms with Crippen LogP contribution in [-0.2, 0) is 15.6 Å². The predicted molar refractivity (Wildman–Crippen MR) is 108 cm³/mol. The lowest BCUT2D eigenvalue weighted by Gasteiger charge is -2.27. The second-order valence-electron chi connectivity index (χ2n) is 6.52. The highest BCUT2D eigenvalue weighted by molar-refractivity contribution is 8.02. The van der Waals surface area contributed by atoms with E-state index in [-0.39, 0.29) is 22.2 Å². The van der Waals surface area contributed by atoms with E-state index >= 15 is 0 Å². The van der Waals surface area contributed by atoms with Crippen LogP contribution in [-0.4, -0.2) is 27.8 Å². The fourth-order valence-electron chi connectivity index (χ4n) is 2.79. The van der Waals surface area contributed by atoms with Gasteiger partial charge in [0.15, 0.2) is 4.75 Å². The fourth-order valence-corrected chi connectivity index (χ4v) is 5.95. The molecule has 1 aliphatic carbocycles. The molecule has 0 bridgehead atoms. The molecule has 0 heterocycles. The van der Waals surface area contributed by atoms with Crippen LogP contribution in [0.2, 0.25) is 0 Å². The van der Waals surface area contributed by atoms with Crippen LogP contribution < -0.4 is 0 Å². The van der Waals surface area contributed by atoms with Gasteiger partial charge in [0, 0.05) is 23.9 Å². The molecule has 0 amide bonds. The van der Waals surface area contributed by atoms with Crippen LogP contribution in [0.4, 0.5) is 0 Å². The third-order valence-corrected chi connectivity index (χ3v) is 6.82. The van der Waals surface area contributed by atoms with E-state index in [2.05, 4.69) is 65.2 Å². The van der Waals surface area contributed by atoms with Crippen molar-refractivity contribution in [3.05, 3.63) is 71.9 Å². The van der Waals surface area contributed by atoms with Gasteiger partial charge in [0.05, 0.1) is 0 Å². The lowest BCUT2D eigenvalue weighted by atomic mass is 10.1. The van der Waals surface area contributed by atoms with Gasteiger partial charge in [-0.25, -0.2) is 0 Å². The highest BCUT2D eigenvalue weighted by atomic mass is 32.2. The van der Waals surface area contributed by atoms with E-state index in [0.29, 0.717) is 10.8 Å². The Labute approximate surface area is 150 Å². The summed E-state index contributed by atoms with van der Waals surface area (Å²) in [5.41, 5.74) is 0.709. The van der Waals surface area contributed by atoms with Gasteiger partial charge < -0.3 is 9.84 Å². The van der Waals surface area contributed by atoms with Gasteiger partial charge in [0.2, 0.25) is 0 Å². The van der Waals surface area contributed by atoms with Gasteiger partial charge >= 0.3 is 0 Å². The molecular formula is C21H31O2S+. The Morgan fingerprint density at radius 3 is 2.58 bits per heavy atom. The maximum atomic E-state index is 9.90. The maximum absolute atomic E-state index is 9.90. The molecular weight excluding hydrogens is 316 g/mol. The Morgan fingerprint density at radius 1 is 1.38 bits per heavy atom. The Balaban J connectivity index is 3.13. The molecule has 2 nitrogen and oxygen atoms in total. The van der Waals surface area contributed by atoms with Crippen LogP contribution in [0.15, 0.2) is 71.9 Å². The first-order valence-electron chi connectivity index (χ1n) is 8.29. The van der Waals surface area contributed by atoms with Gasteiger partial charge in [-0.3, -0.25) is 0 Å². The van der Waals surface area contributed by atoms with Crippen LogP contribution in [0, 0.1) is 0 Å². The predicted octanol–water partition coefficient (Wildman–Crippen LogP) is 4.83. The third kappa shape index (κ3) is 5.57. The fraction of sp³-hybridized carbons (Fsp3) is 0.429. The van der Waals surface area contributed by atoms with E-state index in [4.69, 9.17) is 4.74 Å². The van der Waals surface area contributed by atoms with E-state index in [0.717, 1.165) is 5.76 Å². The molecule has 0 saturated carbocycles. The first-order valence-corrected chi connectivity index (χ1v) is 9.57. The van der Waals surface area contributed by atoms with E-state index in [9.17, 15) is 5.11 Å². The molecule has 0 fully saturated rings. The van der Waals surface area contributed by atoms with Crippen LogP contribution in [0.1, 0.15) is 34.6 Å². The zero-order chi connectivity index (χ0) is 18.3. The van der Waals surface area contributed by atoms with Gasteiger partial charge in [-0.05, 0) is 51.5 Å². The quantitative estimate of drug-likeness (QED) is 0.387. The molecule has 1 rings (SSSR count). The van der Waals surface area contributed by atoms with E-state index in [1.54, 1.807) is 6.92 Å². The molecule has 1 aliphatic rings. The van der Waals surface area contributed by atoms with Crippen molar-refractivity contribution in [2.45, 2.75) is 50.7 Å². The average molecular weight is 348 g/mol. The molecule has 3 heteroatoms. The second kappa shape index (κ2) is 9.14. The molecule has 3 unspecified atom stereocenters. The van der Waals surface area contributed by atoms with Crippen LogP contribution in [0.5, 0.6) is 0 Å². The monoisotopic (exact) mass is 347 g/mol. The zero-order valence-electron chi connectivity index (χ0n) is 15.6. The van der Waals surface area contributed by atoms with Crippen molar-refractivity contribution in [2.75, 3.05) is 6.61 Å². The standard InChI is InChI=1S/C21H31O2S/c1-8-11-18(6)24(17(4)5)21(7)13-10-9-12-19(14-21)23-15-20(22)16(2)3/h8-14,17,20,22H,1-2,15H2,3-7H3/q+1/b18-11+. The number of aliphatic hydroxyl groups excluding tert-OH is 1. The summed E-state index contributed by atoms with van der Waals surface area (Å²) in [6.45, 7) is 18.5. The zero-order valence-corrected chi connectivity index (χ0v) is 16.4. The van der Waals surface area contributed by atoms with Crippen LogP contribution >= 0.6 is 0 Å². The molecule has 0 radical (unpaired) electrons. The number of hydrogen-bond donors (Lipinski definition) is 1. The summed E-state index contributed by atoms with van der Waals surface area (Å²) in [5, 5.41) is 10.4. The minimum atomic E-state index is -0.646. The van der Waals surface area contributed by atoms with Crippen molar-refractivity contribution in [3.8, 4) is 0 Å². The largest absolute Gasteiger partial charge is 0.491 e. The topological polar surface area (TPSA) is 29.5 Å². The second-order valence-corrected chi connectivity index (χ2v) is 9.66. The molecule has 0 spiro atoms. The highest BCUT2D eigenvalue weighted by Crippen LogP contribution is 2.35.